The Morgan fingerprint density at radius 2 is 1.64 bits per heavy atom. The van der Waals surface area contributed by atoms with Crippen molar-refractivity contribution in [3.63, 3.8) is 0 Å². The zero-order valence-corrected chi connectivity index (χ0v) is 21.5. The Kier molecular flexibility index (Phi) is 7.25. The number of nitrogens with zero attached hydrogens (tertiary/aromatic N) is 3. The number of fused-ring (bicyclic) bond motifs is 1. The van der Waals surface area contributed by atoms with Crippen LogP contribution in [-0.2, 0) is 23.7 Å². The number of halogens is 2. The second-order valence-corrected chi connectivity index (χ2v) is 9.74. The number of aromatic nitrogens is 3. The summed E-state index contributed by atoms with van der Waals surface area (Å²) in [6.45, 7) is 0.250. The molecule has 1 aliphatic rings. The van der Waals surface area contributed by atoms with Crippen molar-refractivity contribution in [1.82, 2.24) is 14.8 Å². The van der Waals surface area contributed by atoms with Crippen molar-refractivity contribution >= 4 is 11.8 Å². The summed E-state index contributed by atoms with van der Waals surface area (Å²) in [6, 6.07) is 28.3. The predicted octanol–water partition coefficient (Wildman–Crippen LogP) is 7.02. The number of thioether (sulfide) groups is 1. The quantitative estimate of drug-likeness (QED) is 0.196. The van der Waals surface area contributed by atoms with Crippen molar-refractivity contribution in [2.45, 2.75) is 30.4 Å². The minimum atomic E-state index is -0.581. The molecule has 6 nitrogen and oxygen atoms in total. The van der Waals surface area contributed by atoms with E-state index in [1.165, 1.54) is 30.0 Å². The zero-order chi connectivity index (χ0) is 26.6. The fourth-order valence-electron chi connectivity index (χ4n) is 4.33. The zero-order valence-electron chi connectivity index (χ0n) is 20.7. The maximum Gasteiger partial charge on any atom is 0.227 e. The van der Waals surface area contributed by atoms with E-state index in [9.17, 15) is 8.78 Å². The molecule has 0 N–H and O–H groups in total. The van der Waals surface area contributed by atoms with Crippen molar-refractivity contribution in [3.8, 4) is 17.2 Å². The molecule has 4 aromatic carbocycles. The van der Waals surface area contributed by atoms with Gasteiger partial charge in [-0.2, -0.15) is 0 Å². The topological polar surface area (TPSA) is 58.4 Å². The van der Waals surface area contributed by atoms with Gasteiger partial charge >= 0.3 is 0 Å². The van der Waals surface area contributed by atoms with E-state index in [1.54, 1.807) is 18.2 Å². The van der Waals surface area contributed by atoms with Gasteiger partial charge in [0.15, 0.2) is 22.5 Å². The van der Waals surface area contributed by atoms with Gasteiger partial charge in [-0.25, -0.2) is 8.78 Å². The SMILES string of the molecule is Fc1cc2c(c(CSc3nnc(COc4ccccc4F)n3-c3ccccc3)c1)O[C@@H](c1ccccc1)OC2. The van der Waals surface area contributed by atoms with Crippen LogP contribution in [0.15, 0.2) is 102 Å². The van der Waals surface area contributed by atoms with Crippen LogP contribution < -0.4 is 9.47 Å². The van der Waals surface area contributed by atoms with Crippen LogP contribution in [0.5, 0.6) is 11.5 Å². The van der Waals surface area contributed by atoms with Gasteiger partial charge in [0.1, 0.15) is 18.2 Å². The Morgan fingerprint density at radius 3 is 2.44 bits per heavy atom. The summed E-state index contributed by atoms with van der Waals surface area (Å²) >= 11 is 1.39. The summed E-state index contributed by atoms with van der Waals surface area (Å²) in [5.74, 6) is 0.804. The van der Waals surface area contributed by atoms with E-state index in [2.05, 4.69) is 10.2 Å². The van der Waals surface area contributed by atoms with Crippen LogP contribution in [-0.4, -0.2) is 14.8 Å². The molecular weight excluding hydrogens is 520 g/mol. The molecule has 9 heteroatoms. The molecular formula is C30H23F2N3O3S. The lowest BCUT2D eigenvalue weighted by Gasteiger charge is -2.28. The first-order chi connectivity index (χ1) is 19.2. The molecule has 0 saturated carbocycles. The van der Waals surface area contributed by atoms with Gasteiger partial charge in [-0.15, -0.1) is 10.2 Å². The molecule has 0 unspecified atom stereocenters. The van der Waals surface area contributed by atoms with Gasteiger partial charge in [-0.3, -0.25) is 4.57 Å². The first-order valence-corrected chi connectivity index (χ1v) is 13.3. The van der Waals surface area contributed by atoms with E-state index >= 15 is 0 Å². The molecule has 2 heterocycles. The van der Waals surface area contributed by atoms with E-state index < -0.39 is 12.1 Å². The molecule has 0 saturated heterocycles. The van der Waals surface area contributed by atoms with Crippen molar-refractivity contribution in [3.05, 3.63) is 131 Å². The Morgan fingerprint density at radius 1 is 0.897 bits per heavy atom. The third-order valence-electron chi connectivity index (χ3n) is 6.16. The number of rotatable bonds is 8. The lowest BCUT2D eigenvalue weighted by atomic mass is 10.1. The number of hydrogen-bond donors (Lipinski definition) is 0. The summed E-state index contributed by atoms with van der Waals surface area (Å²) in [6.07, 6.45) is -0.581. The molecule has 39 heavy (non-hydrogen) atoms. The lowest BCUT2D eigenvalue weighted by molar-refractivity contribution is -0.112. The Bertz CT molecular complexity index is 1580. The Balaban J connectivity index is 1.27. The second kappa shape index (κ2) is 11.3. The van der Waals surface area contributed by atoms with E-state index in [0.29, 0.717) is 33.6 Å². The van der Waals surface area contributed by atoms with Gasteiger partial charge in [-0.1, -0.05) is 72.4 Å². The maximum atomic E-state index is 14.5. The summed E-state index contributed by atoms with van der Waals surface area (Å²) < 4.78 is 48.3. The van der Waals surface area contributed by atoms with Crippen LogP contribution in [0.2, 0.25) is 0 Å². The molecule has 0 amide bonds. The smallest absolute Gasteiger partial charge is 0.227 e. The van der Waals surface area contributed by atoms with Crippen LogP contribution in [0.4, 0.5) is 8.78 Å². The van der Waals surface area contributed by atoms with Gasteiger partial charge < -0.3 is 14.2 Å². The fraction of sp³-hybridized carbons (Fsp3) is 0.133. The molecule has 0 radical (unpaired) electrons. The minimum absolute atomic E-state index is 0.0119. The van der Waals surface area contributed by atoms with Gasteiger partial charge in [0, 0.05) is 28.1 Å². The monoisotopic (exact) mass is 543 g/mol. The molecule has 196 valence electrons. The van der Waals surface area contributed by atoms with Gasteiger partial charge in [-0.05, 0) is 36.4 Å². The Hall–Kier alpha value is -4.21. The molecule has 1 aromatic heterocycles. The van der Waals surface area contributed by atoms with E-state index in [4.69, 9.17) is 14.2 Å². The summed E-state index contributed by atoms with van der Waals surface area (Å²) in [5.41, 5.74) is 3.05. The molecule has 0 fully saturated rings. The summed E-state index contributed by atoms with van der Waals surface area (Å²) in [5, 5.41) is 9.29. The Labute approximate surface area is 228 Å². The predicted molar refractivity (Wildman–Crippen MR) is 143 cm³/mol. The summed E-state index contributed by atoms with van der Waals surface area (Å²) in [7, 11) is 0. The molecule has 5 aromatic rings. The normalized spacial score (nSPS) is 14.5. The lowest BCUT2D eigenvalue weighted by Crippen LogP contribution is -2.19. The van der Waals surface area contributed by atoms with Crippen molar-refractivity contribution in [2.24, 2.45) is 0 Å². The third-order valence-corrected chi connectivity index (χ3v) is 7.14. The van der Waals surface area contributed by atoms with Gasteiger partial charge in [0.2, 0.25) is 6.29 Å². The number of para-hydroxylation sites is 2. The highest BCUT2D eigenvalue weighted by atomic mass is 32.2. The first kappa shape index (κ1) is 25.1. The largest absolute Gasteiger partial charge is 0.483 e. The van der Waals surface area contributed by atoms with Crippen molar-refractivity contribution in [1.29, 1.82) is 0 Å². The summed E-state index contributed by atoms with van der Waals surface area (Å²) in [4.78, 5) is 0. The maximum absolute atomic E-state index is 14.5. The highest BCUT2D eigenvalue weighted by Gasteiger charge is 2.26. The van der Waals surface area contributed by atoms with Crippen LogP contribution >= 0.6 is 11.8 Å². The number of ether oxygens (including phenoxy) is 3. The van der Waals surface area contributed by atoms with Crippen molar-refractivity contribution < 1.29 is 23.0 Å². The van der Waals surface area contributed by atoms with Crippen LogP contribution in [0.25, 0.3) is 5.69 Å². The average Bonchev–Trinajstić information content (AvgIpc) is 3.39. The average molecular weight is 544 g/mol. The molecule has 0 bridgehead atoms. The first-order valence-electron chi connectivity index (χ1n) is 12.3. The molecule has 1 aliphatic heterocycles. The van der Waals surface area contributed by atoms with Crippen molar-refractivity contribution in [2.75, 3.05) is 0 Å². The highest BCUT2D eigenvalue weighted by molar-refractivity contribution is 7.98. The highest BCUT2D eigenvalue weighted by Crippen LogP contribution is 2.39. The van der Waals surface area contributed by atoms with Gasteiger partial charge in [0.25, 0.3) is 0 Å². The van der Waals surface area contributed by atoms with E-state index in [1.807, 2.05) is 65.2 Å². The standard InChI is InChI=1S/C30H23F2N3O3S/c31-23-15-21-17-37-29(20-9-3-1-4-10-20)38-28(21)22(16-23)19-39-30-34-33-27(35(30)24-11-5-2-6-12-24)18-36-26-14-8-7-13-25(26)32/h1-16,29H,17-19H2/t29-/m0/s1. The van der Waals surface area contributed by atoms with Crippen LogP contribution in [0.1, 0.15) is 28.8 Å². The third kappa shape index (κ3) is 5.50. The van der Waals surface area contributed by atoms with E-state index in [0.717, 1.165) is 11.3 Å². The molecule has 0 aliphatic carbocycles. The second-order valence-electron chi connectivity index (χ2n) is 8.80. The fourth-order valence-corrected chi connectivity index (χ4v) is 5.27. The number of hydrogen-bond acceptors (Lipinski definition) is 6. The molecule has 1 atom stereocenters. The van der Waals surface area contributed by atoms with Crippen LogP contribution in [0.3, 0.4) is 0 Å². The van der Waals surface area contributed by atoms with Crippen LogP contribution in [0, 0.1) is 11.6 Å². The number of benzene rings is 4. The van der Waals surface area contributed by atoms with E-state index in [-0.39, 0.29) is 24.8 Å². The molecule has 0 spiro atoms. The molecule has 6 rings (SSSR count). The minimum Gasteiger partial charge on any atom is -0.483 e. The van der Waals surface area contributed by atoms with Gasteiger partial charge in [0.05, 0.1) is 6.61 Å².